The highest BCUT2D eigenvalue weighted by Gasteiger charge is 2.18. The summed E-state index contributed by atoms with van der Waals surface area (Å²) in [5, 5.41) is 2.82. The van der Waals surface area contributed by atoms with Crippen LogP contribution in [0.2, 0.25) is 0 Å². The molecule has 0 saturated heterocycles. The molecule has 0 unspecified atom stereocenters. The molecule has 3 N–H and O–H groups in total. The summed E-state index contributed by atoms with van der Waals surface area (Å²) in [6.45, 7) is 4.15. The number of amides is 1. The Balaban J connectivity index is 2.69. The molecule has 0 aliphatic carbocycles. The van der Waals surface area contributed by atoms with Crippen molar-refractivity contribution in [2.75, 3.05) is 6.54 Å². The van der Waals surface area contributed by atoms with E-state index in [2.05, 4.69) is 10.3 Å². The molecule has 1 rings (SSSR count). The number of pyridine rings is 1. The lowest BCUT2D eigenvalue weighted by Gasteiger charge is -2.23. The third kappa shape index (κ3) is 2.81. The smallest absolute Gasteiger partial charge is 0.253 e. The van der Waals surface area contributed by atoms with Crippen molar-refractivity contribution in [1.29, 1.82) is 0 Å². The number of nitrogens with one attached hydrogen (secondary N) is 1. The summed E-state index contributed by atoms with van der Waals surface area (Å²) in [6.07, 6.45) is 3.16. The molecule has 76 valence electrons. The number of hydrogen-bond acceptors (Lipinski definition) is 3. The molecule has 1 aromatic rings. The van der Waals surface area contributed by atoms with Gasteiger partial charge in [0.15, 0.2) is 0 Å². The van der Waals surface area contributed by atoms with Crippen LogP contribution in [-0.4, -0.2) is 23.0 Å². The zero-order valence-electron chi connectivity index (χ0n) is 8.45. The minimum absolute atomic E-state index is 0.145. The summed E-state index contributed by atoms with van der Waals surface area (Å²) in [5.41, 5.74) is 5.67. The Labute approximate surface area is 83.5 Å². The van der Waals surface area contributed by atoms with Crippen molar-refractivity contribution in [1.82, 2.24) is 10.3 Å². The van der Waals surface area contributed by atoms with Crippen LogP contribution in [0.15, 0.2) is 24.5 Å². The molecule has 4 nitrogen and oxygen atoms in total. The zero-order valence-corrected chi connectivity index (χ0v) is 8.45. The Morgan fingerprint density at radius 3 is 2.86 bits per heavy atom. The maximum atomic E-state index is 11.6. The van der Waals surface area contributed by atoms with Crippen molar-refractivity contribution < 1.29 is 4.79 Å². The summed E-state index contributed by atoms with van der Waals surface area (Å²) < 4.78 is 0. The van der Waals surface area contributed by atoms with E-state index in [1.165, 1.54) is 6.20 Å². The molecule has 0 bridgehead atoms. The average molecular weight is 193 g/mol. The van der Waals surface area contributed by atoms with E-state index in [-0.39, 0.29) is 11.4 Å². The quantitative estimate of drug-likeness (QED) is 0.736. The Morgan fingerprint density at radius 1 is 1.64 bits per heavy atom. The Hall–Kier alpha value is -1.42. The highest BCUT2D eigenvalue weighted by molar-refractivity contribution is 5.94. The molecule has 1 heterocycles. The first kappa shape index (κ1) is 10.7. The van der Waals surface area contributed by atoms with Crippen LogP contribution in [0.3, 0.4) is 0 Å². The van der Waals surface area contributed by atoms with E-state index < -0.39 is 0 Å². The van der Waals surface area contributed by atoms with Crippen molar-refractivity contribution >= 4 is 5.91 Å². The molecular formula is C10H15N3O. The highest BCUT2D eigenvalue weighted by atomic mass is 16.1. The van der Waals surface area contributed by atoms with Gasteiger partial charge in [0, 0.05) is 24.5 Å². The van der Waals surface area contributed by atoms with Crippen LogP contribution in [-0.2, 0) is 0 Å². The van der Waals surface area contributed by atoms with Crippen LogP contribution >= 0.6 is 0 Å². The summed E-state index contributed by atoms with van der Waals surface area (Å²) in [7, 11) is 0. The molecule has 4 heteroatoms. The summed E-state index contributed by atoms with van der Waals surface area (Å²) >= 11 is 0. The van der Waals surface area contributed by atoms with Crippen molar-refractivity contribution in [3.8, 4) is 0 Å². The summed E-state index contributed by atoms with van der Waals surface area (Å²) in [5.74, 6) is -0.145. The van der Waals surface area contributed by atoms with Gasteiger partial charge in [0.2, 0.25) is 0 Å². The topological polar surface area (TPSA) is 68.0 Å². The number of carbonyl (C=O) groups is 1. The van der Waals surface area contributed by atoms with Crippen LogP contribution < -0.4 is 11.1 Å². The van der Waals surface area contributed by atoms with Gasteiger partial charge in [0.25, 0.3) is 5.91 Å². The maximum absolute atomic E-state index is 11.6. The van der Waals surface area contributed by atoms with Crippen molar-refractivity contribution in [3.05, 3.63) is 30.1 Å². The van der Waals surface area contributed by atoms with E-state index in [1.807, 2.05) is 13.8 Å². The molecule has 0 spiro atoms. The predicted molar refractivity (Wildman–Crippen MR) is 54.8 cm³/mol. The first-order valence-electron chi connectivity index (χ1n) is 4.48. The molecular weight excluding hydrogens is 178 g/mol. The van der Waals surface area contributed by atoms with E-state index in [0.29, 0.717) is 12.1 Å². The molecule has 0 atom stereocenters. The fourth-order valence-corrected chi connectivity index (χ4v) is 0.928. The van der Waals surface area contributed by atoms with Crippen molar-refractivity contribution in [3.63, 3.8) is 0 Å². The van der Waals surface area contributed by atoms with Gasteiger partial charge in [-0.3, -0.25) is 9.78 Å². The number of aromatic nitrogens is 1. The molecule has 0 fully saturated rings. The number of nitrogens with zero attached hydrogens (tertiary/aromatic N) is 1. The van der Waals surface area contributed by atoms with Crippen LogP contribution in [0.25, 0.3) is 0 Å². The molecule has 0 saturated carbocycles. The van der Waals surface area contributed by atoms with Crippen LogP contribution in [0.5, 0.6) is 0 Å². The lowest BCUT2D eigenvalue weighted by molar-refractivity contribution is 0.0915. The predicted octanol–water partition coefficient (Wildman–Crippen LogP) is 0.549. The minimum Gasteiger partial charge on any atom is -0.346 e. The van der Waals surface area contributed by atoms with Gasteiger partial charge in [0.1, 0.15) is 0 Å². The number of hydrogen-bond donors (Lipinski definition) is 2. The van der Waals surface area contributed by atoms with Crippen molar-refractivity contribution in [2.24, 2.45) is 5.73 Å². The first-order valence-corrected chi connectivity index (χ1v) is 4.48. The third-order valence-electron chi connectivity index (χ3n) is 1.89. The fraction of sp³-hybridized carbons (Fsp3) is 0.400. The van der Waals surface area contributed by atoms with Gasteiger partial charge >= 0.3 is 0 Å². The van der Waals surface area contributed by atoms with E-state index in [9.17, 15) is 4.79 Å². The normalized spacial score (nSPS) is 11.1. The van der Waals surface area contributed by atoms with Gasteiger partial charge in [-0.05, 0) is 26.0 Å². The minimum atomic E-state index is -0.382. The molecule has 0 radical (unpaired) electrons. The molecule has 0 aliphatic heterocycles. The van der Waals surface area contributed by atoms with E-state index in [1.54, 1.807) is 18.3 Å². The standard InChI is InChI=1S/C10H15N3O/c1-10(2,7-11)13-9(14)8-4-3-5-12-6-8/h3-6H,7,11H2,1-2H3,(H,13,14). The van der Waals surface area contributed by atoms with Crippen molar-refractivity contribution in [2.45, 2.75) is 19.4 Å². The number of rotatable bonds is 3. The van der Waals surface area contributed by atoms with Crippen LogP contribution in [0.1, 0.15) is 24.2 Å². The highest BCUT2D eigenvalue weighted by Crippen LogP contribution is 2.02. The number of nitrogens with two attached hydrogens (primary N) is 1. The van der Waals surface area contributed by atoms with E-state index in [0.717, 1.165) is 0 Å². The van der Waals surface area contributed by atoms with E-state index >= 15 is 0 Å². The lowest BCUT2D eigenvalue weighted by Crippen LogP contribution is -2.48. The van der Waals surface area contributed by atoms with Gasteiger partial charge < -0.3 is 11.1 Å². The number of carbonyl (C=O) groups excluding carboxylic acids is 1. The average Bonchev–Trinajstić information content (AvgIpc) is 2.19. The first-order chi connectivity index (χ1) is 6.55. The second-order valence-electron chi connectivity index (χ2n) is 3.78. The second-order valence-corrected chi connectivity index (χ2v) is 3.78. The van der Waals surface area contributed by atoms with Gasteiger partial charge in [-0.15, -0.1) is 0 Å². The molecule has 0 aliphatic rings. The van der Waals surface area contributed by atoms with Crippen LogP contribution in [0, 0.1) is 0 Å². The Kier molecular flexibility index (Phi) is 3.19. The summed E-state index contributed by atoms with van der Waals surface area (Å²) in [6, 6.07) is 3.44. The Morgan fingerprint density at radius 2 is 2.36 bits per heavy atom. The van der Waals surface area contributed by atoms with Gasteiger partial charge in [-0.1, -0.05) is 0 Å². The molecule has 1 aromatic heterocycles. The molecule has 1 amide bonds. The van der Waals surface area contributed by atoms with Crippen LogP contribution in [0.4, 0.5) is 0 Å². The maximum Gasteiger partial charge on any atom is 0.253 e. The monoisotopic (exact) mass is 193 g/mol. The molecule has 14 heavy (non-hydrogen) atoms. The zero-order chi connectivity index (χ0) is 10.6. The molecule has 0 aromatic carbocycles. The lowest BCUT2D eigenvalue weighted by atomic mass is 10.1. The van der Waals surface area contributed by atoms with Gasteiger partial charge in [-0.25, -0.2) is 0 Å². The summed E-state index contributed by atoms with van der Waals surface area (Å²) in [4.78, 5) is 15.5. The fourth-order valence-electron chi connectivity index (χ4n) is 0.928. The van der Waals surface area contributed by atoms with Gasteiger partial charge in [0.05, 0.1) is 5.56 Å². The third-order valence-corrected chi connectivity index (χ3v) is 1.89. The SMILES string of the molecule is CC(C)(CN)NC(=O)c1cccnc1. The van der Waals surface area contributed by atoms with Gasteiger partial charge in [-0.2, -0.15) is 0 Å². The van der Waals surface area contributed by atoms with E-state index in [4.69, 9.17) is 5.73 Å². The second kappa shape index (κ2) is 4.19. The largest absolute Gasteiger partial charge is 0.346 e. The Bertz CT molecular complexity index is 308.